The van der Waals surface area contributed by atoms with Crippen molar-refractivity contribution < 1.29 is 22.0 Å². The summed E-state index contributed by atoms with van der Waals surface area (Å²) in [5.41, 5.74) is 5.13. The van der Waals surface area contributed by atoms with Crippen molar-refractivity contribution in [3.8, 4) is 0 Å². The lowest BCUT2D eigenvalue weighted by Gasteiger charge is -2.07. The van der Waals surface area contributed by atoms with Crippen molar-refractivity contribution in [3.05, 3.63) is 34.8 Å². The van der Waals surface area contributed by atoms with Crippen LogP contribution in [-0.4, -0.2) is 19.2 Å². The molecule has 0 saturated heterocycles. The van der Waals surface area contributed by atoms with Crippen LogP contribution in [0.2, 0.25) is 0 Å². The highest BCUT2D eigenvalue weighted by molar-refractivity contribution is 7.93. The maximum atomic E-state index is 13.6. The van der Waals surface area contributed by atoms with E-state index in [2.05, 4.69) is 4.98 Å². The summed E-state index contributed by atoms with van der Waals surface area (Å²) < 4.78 is 52.8. The number of sulfonamides is 1. The minimum Gasteiger partial charge on any atom is -0.399 e. The van der Waals surface area contributed by atoms with Crippen molar-refractivity contribution >= 4 is 38.0 Å². The van der Waals surface area contributed by atoms with Crippen LogP contribution in [-0.2, 0) is 10.0 Å². The summed E-state index contributed by atoms with van der Waals surface area (Å²) >= 11 is 0.844. The van der Waals surface area contributed by atoms with Crippen LogP contribution in [0.1, 0.15) is 17.4 Å². The lowest BCUT2D eigenvalue weighted by molar-refractivity contribution is 0.101. The van der Waals surface area contributed by atoms with E-state index in [1.54, 1.807) is 0 Å². The first-order chi connectivity index (χ1) is 9.70. The molecule has 0 unspecified atom stereocenters. The van der Waals surface area contributed by atoms with Gasteiger partial charge in [0.1, 0.15) is 10.6 Å². The Labute approximate surface area is 122 Å². The number of nitrogen functional groups attached to an aromatic ring is 1. The van der Waals surface area contributed by atoms with E-state index in [0.29, 0.717) is 6.07 Å². The molecule has 1 aromatic heterocycles. The largest absolute Gasteiger partial charge is 0.399 e. The van der Waals surface area contributed by atoms with Crippen LogP contribution in [0.5, 0.6) is 0 Å². The number of nitrogens with zero attached hydrogens (tertiary/aromatic N) is 1. The molecule has 0 spiro atoms. The van der Waals surface area contributed by atoms with Crippen LogP contribution in [0.3, 0.4) is 0 Å². The third kappa shape index (κ3) is 3.16. The Morgan fingerprint density at radius 1 is 1.38 bits per heavy atom. The summed E-state index contributed by atoms with van der Waals surface area (Å²) in [6, 6.07) is 1.46. The van der Waals surface area contributed by atoms with Gasteiger partial charge in [0.05, 0.1) is 0 Å². The van der Waals surface area contributed by atoms with Crippen LogP contribution in [0.15, 0.2) is 22.4 Å². The van der Waals surface area contributed by atoms with Gasteiger partial charge in [-0.2, -0.15) is 0 Å². The number of aromatic nitrogens is 1. The average Bonchev–Trinajstić information content (AvgIpc) is 2.81. The fourth-order valence-corrected chi connectivity index (χ4v) is 3.56. The first-order valence-corrected chi connectivity index (χ1v) is 7.81. The molecule has 2 aromatic rings. The van der Waals surface area contributed by atoms with E-state index in [0.717, 1.165) is 17.4 Å². The molecule has 0 saturated carbocycles. The highest BCUT2D eigenvalue weighted by Gasteiger charge is 2.24. The predicted molar refractivity (Wildman–Crippen MR) is 73.7 cm³/mol. The molecule has 1 aromatic carbocycles. The second-order valence-electron chi connectivity index (χ2n) is 4.01. The van der Waals surface area contributed by atoms with E-state index in [1.165, 1.54) is 12.3 Å². The van der Waals surface area contributed by atoms with Gasteiger partial charge in [-0.15, -0.1) is 11.3 Å². The number of nitrogens with one attached hydrogen (secondary N) is 1. The van der Waals surface area contributed by atoms with Gasteiger partial charge in [-0.05, 0) is 12.1 Å². The van der Waals surface area contributed by atoms with Gasteiger partial charge in [0.2, 0.25) is 0 Å². The maximum absolute atomic E-state index is 13.6. The summed E-state index contributed by atoms with van der Waals surface area (Å²) in [6.45, 7) is 1.26. The third-order valence-corrected chi connectivity index (χ3v) is 4.62. The lowest BCUT2D eigenvalue weighted by Crippen LogP contribution is -2.16. The fraction of sp³-hybridized carbons (Fsp3) is 0.0909. The van der Waals surface area contributed by atoms with Gasteiger partial charge in [-0.25, -0.2) is 22.2 Å². The normalized spacial score (nSPS) is 11.4. The van der Waals surface area contributed by atoms with Crippen molar-refractivity contribution in [1.82, 2.24) is 4.98 Å². The van der Waals surface area contributed by atoms with E-state index < -0.39 is 26.6 Å². The molecule has 21 heavy (non-hydrogen) atoms. The molecule has 0 aliphatic heterocycles. The molecule has 0 amide bonds. The molecule has 0 aliphatic rings. The first-order valence-electron chi connectivity index (χ1n) is 5.44. The number of hydrogen-bond acceptors (Lipinski definition) is 6. The molecule has 6 nitrogen and oxygen atoms in total. The first kappa shape index (κ1) is 15.3. The molecule has 0 aliphatic carbocycles. The Hall–Kier alpha value is -2.07. The van der Waals surface area contributed by atoms with Gasteiger partial charge in [0.15, 0.2) is 22.5 Å². The van der Waals surface area contributed by atoms with Crippen molar-refractivity contribution in [2.24, 2.45) is 0 Å². The number of carbonyl (C=O) groups is 1. The highest BCUT2D eigenvalue weighted by atomic mass is 32.2. The van der Waals surface area contributed by atoms with Gasteiger partial charge in [0, 0.05) is 18.0 Å². The molecule has 0 atom stereocenters. The van der Waals surface area contributed by atoms with Gasteiger partial charge in [0.25, 0.3) is 10.0 Å². The van der Waals surface area contributed by atoms with E-state index in [4.69, 9.17) is 5.73 Å². The predicted octanol–water partition coefficient (Wildman–Crippen LogP) is 2.01. The molecule has 0 fully saturated rings. The average molecular weight is 333 g/mol. The Balaban J connectivity index is 2.40. The number of Topliss-reactive ketones (excluding diaryl/α,β-unsaturated/α-hetero) is 1. The van der Waals surface area contributed by atoms with Crippen LogP contribution < -0.4 is 10.5 Å². The smallest absolute Gasteiger partial charge is 0.266 e. The highest BCUT2D eigenvalue weighted by Crippen LogP contribution is 2.25. The van der Waals surface area contributed by atoms with Gasteiger partial charge >= 0.3 is 0 Å². The lowest BCUT2D eigenvalue weighted by atomic mass is 10.3. The molecule has 10 heteroatoms. The number of thiazole rings is 1. The minimum absolute atomic E-state index is 0.0666. The van der Waals surface area contributed by atoms with Gasteiger partial charge in [-0.3, -0.25) is 9.52 Å². The summed E-state index contributed by atoms with van der Waals surface area (Å²) in [5, 5.41) is 1.21. The summed E-state index contributed by atoms with van der Waals surface area (Å²) in [7, 11) is -4.41. The summed E-state index contributed by atoms with van der Waals surface area (Å²) in [6.07, 6.45) is 0. The second kappa shape index (κ2) is 5.37. The number of rotatable bonds is 4. The second-order valence-corrected chi connectivity index (χ2v) is 6.52. The van der Waals surface area contributed by atoms with Crippen LogP contribution in [0, 0.1) is 11.6 Å². The zero-order valence-electron chi connectivity index (χ0n) is 10.6. The minimum atomic E-state index is -4.41. The summed E-state index contributed by atoms with van der Waals surface area (Å²) in [4.78, 5) is 13.9. The van der Waals surface area contributed by atoms with Crippen LogP contribution >= 0.6 is 11.3 Å². The van der Waals surface area contributed by atoms with E-state index in [9.17, 15) is 22.0 Å². The molecule has 3 N–H and O–H groups in total. The fourth-order valence-electron chi connectivity index (χ4n) is 1.43. The Morgan fingerprint density at radius 3 is 2.62 bits per heavy atom. The molecule has 112 valence electrons. The van der Waals surface area contributed by atoms with Crippen molar-refractivity contribution in [3.63, 3.8) is 0 Å². The molecule has 0 radical (unpaired) electrons. The summed E-state index contributed by atoms with van der Waals surface area (Å²) in [5.74, 6) is -3.27. The number of anilines is 2. The SMILES string of the molecule is CC(=O)c1csc(NS(=O)(=O)c2cc(N)cc(F)c2F)n1. The van der Waals surface area contributed by atoms with Crippen LogP contribution in [0.25, 0.3) is 0 Å². The molecule has 2 rings (SSSR count). The zero-order valence-corrected chi connectivity index (χ0v) is 12.2. The van der Waals surface area contributed by atoms with Crippen molar-refractivity contribution in [2.75, 3.05) is 10.5 Å². The third-order valence-electron chi connectivity index (χ3n) is 2.39. The number of nitrogens with two attached hydrogens (primary N) is 1. The van der Waals surface area contributed by atoms with Crippen LogP contribution in [0.4, 0.5) is 19.6 Å². The Kier molecular flexibility index (Phi) is 3.92. The van der Waals surface area contributed by atoms with Gasteiger partial charge in [-0.1, -0.05) is 0 Å². The van der Waals surface area contributed by atoms with E-state index in [1.807, 2.05) is 4.72 Å². The van der Waals surface area contributed by atoms with Crippen molar-refractivity contribution in [2.45, 2.75) is 11.8 Å². The molecular weight excluding hydrogens is 324 g/mol. The van der Waals surface area contributed by atoms with E-state index in [-0.39, 0.29) is 22.3 Å². The Morgan fingerprint density at radius 2 is 2.05 bits per heavy atom. The molecular formula is C11H9F2N3O3S2. The van der Waals surface area contributed by atoms with Crippen molar-refractivity contribution in [1.29, 1.82) is 0 Å². The van der Waals surface area contributed by atoms with Gasteiger partial charge < -0.3 is 5.73 Å². The maximum Gasteiger partial charge on any atom is 0.266 e. The Bertz CT molecular complexity index is 818. The number of halogens is 2. The molecule has 0 bridgehead atoms. The molecule has 1 heterocycles. The monoisotopic (exact) mass is 333 g/mol. The number of ketones is 1. The number of hydrogen-bond donors (Lipinski definition) is 2. The van der Waals surface area contributed by atoms with E-state index >= 15 is 0 Å². The standard InChI is InChI=1S/C11H9F2N3O3S2/c1-5(17)8-4-20-11(15-8)16-21(18,19)9-3-6(14)2-7(12)10(9)13/h2-4H,14H2,1H3,(H,15,16). The quantitative estimate of drug-likeness (QED) is 0.658. The zero-order chi connectivity index (χ0) is 15.8. The number of carbonyl (C=O) groups excluding carboxylic acids is 1. The number of benzene rings is 1. The topological polar surface area (TPSA) is 102 Å².